The van der Waals surface area contributed by atoms with E-state index in [-0.39, 0.29) is 0 Å². The molecule has 0 radical (unpaired) electrons. The summed E-state index contributed by atoms with van der Waals surface area (Å²) in [5, 5.41) is 0. The predicted molar refractivity (Wildman–Crippen MR) is 108 cm³/mol. The van der Waals surface area contributed by atoms with Crippen LogP contribution in [-0.4, -0.2) is 0 Å². The fraction of sp³-hybridized carbons (Fsp3) is 0.250. The largest absolute Gasteiger partial charge is 0.0773 e. The van der Waals surface area contributed by atoms with Crippen molar-refractivity contribution in [1.82, 2.24) is 0 Å². The third kappa shape index (κ3) is 2.57. The van der Waals surface area contributed by atoms with Gasteiger partial charge in [-0.05, 0) is 51.1 Å². The molecule has 0 amide bonds. The van der Waals surface area contributed by atoms with Gasteiger partial charge in [-0.25, -0.2) is 0 Å². The molecule has 0 heterocycles. The summed E-state index contributed by atoms with van der Waals surface area (Å²) < 4.78 is 0. The first-order valence-corrected chi connectivity index (χ1v) is 8.96. The van der Waals surface area contributed by atoms with Crippen LogP contribution in [-0.2, 0) is 0 Å². The maximum absolute atomic E-state index is 2.32. The highest BCUT2D eigenvalue weighted by Crippen LogP contribution is 2.38. The van der Waals surface area contributed by atoms with E-state index < -0.39 is 0 Å². The summed E-state index contributed by atoms with van der Waals surface area (Å²) in [6, 6.07) is 0. The summed E-state index contributed by atoms with van der Waals surface area (Å²) in [7, 11) is 0. The van der Waals surface area contributed by atoms with Crippen LogP contribution in [0, 0.1) is 17.8 Å². The number of allylic oxidation sites excluding steroid dienone is 6. The molecule has 0 spiro atoms. The average Bonchev–Trinajstić information content (AvgIpc) is 2.96. The molecule has 0 N–H and O–H groups in total. The first kappa shape index (κ1) is 15.2. The lowest BCUT2D eigenvalue weighted by Crippen LogP contribution is -1.99. The fourth-order valence-electron chi connectivity index (χ4n) is 3.63. The Hall–Kier alpha value is -2.34. The van der Waals surface area contributed by atoms with Crippen molar-refractivity contribution in [3.05, 3.63) is 69.8 Å². The van der Waals surface area contributed by atoms with Crippen LogP contribution in [0.25, 0.3) is 36.5 Å². The number of benzene rings is 1. The molecular formula is C24H24. The molecule has 0 aromatic heterocycles. The molecule has 1 aromatic carbocycles. The van der Waals surface area contributed by atoms with Gasteiger partial charge in [0, 0.05) is 0 Å². The molecule has 0 saturated carbocycles. The zero-order valence-corrected chi connectivity index (χ0v) is 14.7. The van der Waals surface area contributed by atoms with Crippen LogP contribution >= 0.6 is 0 Å². The molecule has 0 unspecified atom stereocenters. The molecular weight excluding hydrogens is 288 g/mol. The van der Waals surface area contributed by atoms with Crippen LogP contribution in [0.5, 0.6) is 0 Å². The molecule has 0 bridgehead atoms. The number of rotatable bonds is 0. The van der Waals surface area contributed by atoms with Gasteiger partial charge in [-0.2, -0.15) is 0 Å². The number of fused-ring (bicyclic) bond motifs is 6. The normalized spacial score (nSPS) is 26.4. The topological polar surface area (TPSA) is 0 Å². The van der Waals surface area contributed by atoms with Crippen molar-refractivity contribution in [3.8, 4) is 0 Å². The molecule has 24 heavy (non-hydrogen) atoms. The zero-order valence-electron chi connectivity index (χ0n) is 14.7. The van der Waals surface area contributed by atoms with Crippen molar-refractivity contribution in [3.63, 3.8) is 0 Å². The van der Waals surface area contributed by atoms with Gasteiger partial charge in [0.15, 0.2) is 0 Å². The Morgan fingerprint density at radius 3 is 0.708 bits per heavy atom. The van der Waals surface area contributed by atoms with Crippen LogP contribution in [0.1, 0.15) is 54.2 Å². The van der Waals surface area contributed by atoms with Crippen molar-refractivity contribution in [2.75, 3.05) is 0 Å². The number of hydrogen-bond donors (Lipinski definition) is 0. The highest BCUT2D eigenvalue weighted by atomic mass is 14.2. The van der Waals surface area contributed by atoms with Gasteiger partial charge in [-0.3, -0.25) is 0 Å². The lowest BCUT2D eigenvalue weighted by molar-refractivity contribution is 0.953. The molecule has 120 valence electrons. The smallest absolute Gasteiger partial charge is 0.00752 e. The van der Waals surface area contributed by atoms with Gasteiger partial charge < -0.3 is 0 Å². The van der Waals surface area contributed by atoms with Gasteiger partial charge in [0.25, 0.3) is 0 Å². The molecule has 0 atom stereocenters. The third-order valence-electron chi connectivity index (χ3n) is 5.14. The van der Waals surface area contributed by atoms with E-state index in [2.05, 4.69) is 93.7 Å². The van der Waals surface area contributed by atoms with E-state index in [9.17, 15) is 0 Å². The maximum atomic E-state index is 2.32. The monoisotopic (exact) mass is 312 g/mol. The first-order valence-electron chi connectivity index (χ1n) is 8.96. The minimum atomic E-state index is 0.470. The van der Waals surface area contributed by atoms with Crippen LogP contribution in [0.15, 0.2) is 36.5 Å². The molecule has 0 aliphatic heterocycles. The van der Waals surface area contributed by atoms with E-state index in [0.29, 0.717) is 17.8 Å². The lowest BCUT2D eigenvalue weighted by atomic mass is 9.86. The van der Waals surface area contributed by atoms with Crippen molar-refractivity contribution in [1.29, 1.82) is 0 Å². The Morgan fingerprint density at radius 1 is 0.375 bits per heavy atom. The second kappa shape index (κ2) is 5.94. The Balaban J connectivity index is 2.11. The van der Waals surface area contributed by atoms with Crippen LogP contribution < -0.4 is 0 Å². The summed E-state index contributed by atoms with van der Waals surface area (Å²) in [6.45, 7) is 6.73. The van der Waals surface area contributed by atoms with Gasteiger partial charge in [0.2, 0.25) is 0 Å². The van der Waals surface area contributed by atoms with Crippen LogP contribution in [0.2, 0.25) is 0 Å². The standard InChI is InChI=1S/C24H24/c1-16-4-10-19-20(11-5-16)22-13-7-18(3)9-15-24(22)23-14-8-17(2)6-12-21(19)23/h4-18H,1-3H3. The van der Waals surface area contributed by atoms with E-state index in [1.165, 1.54) is 33.4 Å². The quantitative estimate of drug-likeness (QED) is 0.499. The third-order valence-corrected chi connectivity index (χ3v) is 5.14. The average molecular weight is 312 g/mol. The maximum Gasteiger partial charge on any atom is -0.00752 e. The highest BCUT2D eigenvalue weighted by Gasteiger charge is 2.20. The van der Waals surface area contributed by atoms with Gasteiger partial charge in [0.1, 0.15) is 0 Å². The van der Waals surface area contributed by atoms with E-state index in [1.54, 1.807) is 0 Å². The van der Waals surface area contributed by atoms with E-state index in [4.69, 9.17) is 0 Å². The first-order chi connectivity index (χ1) is 11.6. The predicted octanol–water partition coefficient (Wildman–Crippen LogP) is 6.71. The minimum Gasteiger partial charge on any atom is -0.0773 e. The van der Waals surface area contributed by atoms with Crippen molar-refractivity contribution >= 4 is 36.5 Å². The Kier molecular flexibility index (Phi) is 3.76. The van der Waals surface area contributed by atoms with Crippen LogP contribution in [0.3, 0.4) is 0 Å². The Morgan fingerprint density at radius 2 is 0.542 bits per heavy atom. The van der Waals surface area contributed by atoms with E-state index >= 15 is 0 Å². The SMILES string of the molecule is CC1C=Cc2c3c(c4c(c2C=C1)C=CC(C)C=C4)C=CC(C)C=C3. The summed E-state index contributed by atoms with van der Waals surface area (Å²) in [6.07, 6.45) is 27.7. The highest BCUT2D eigenvalue weighted by molar-refractivity contribution is 5.92. The van der Waals surface area contributed by atoms with E-state index in [0.717, 1.165) is 0 Å². The van der Waals surface area contributed by atoms with Gasteiger partial charge in [0.05, 0.1) is 0 Å². The van der Waals surface area contributed by atoms with Crippen molar-refractivity contribution in [2.45, 2.75) is 20.8 Å². The molecule has 0 fully saturated rings. The number of hydrogen-bond acceptors (Lipinski definition) is 0. The van der Waals surface area contributed by atoms with Crippen molar-refractivity contribution < 1.29 is 0 Å². The summed E-state index contributed by atoms with van der Waals surface area (Å²) >= 11 is 0. The summed E-state index contributed by atoms with van der Waals surface area (Å²) in [5.74, 6) is 1.41. The second-order valence-electron chi connectivity index (χ2n) is 7.21. The Bertz CT molecular complexity index is 650. The molecule has 3 aliphatic carbocycles. The Labute approximate surface area is 145 Å². The summed E-state index contributed by atoms with van der Waals surface area (Å²) in [4.78, 5) is 0. The fourth-order valence-corrected chi connectivity index (χ4v) is 3.63. The molecule has 1 aromatic rings. The van der Waals surface area contributed by atoms with E-state index in [1.807, 2.05) is 0 Å². The second-order valence-corrected chi connectivity index (χ2v) is 7.21. The van der Waals surface area contributed by atoms with Gasteiger partial charge >= 0.3 is 0 Å². The lowest BCUT2D eigenvalue weighted by Gasteiger charge is -2.17. The molecule has 0 heteroatoms. The summed E-state index contributed by atoms with van der Waals surface area (Å²) in [5.41, 5.74) is 8.12. The molecule has 3 aliphatic rings. The van der Waals surface area contributed by atoms with Gasteiger partial charge in [-0.1, -0.05) is 93.7 Å². The molecule has 0 saturated heterocycles. The van der Waals surface area contributed by atoms with Crippen molar-refractivity contribution in [2.24, 2.45) is 17.8 Å². The molecule has 4 rings (SSSR count). The van der Waals surface area contributed by atoms with Gasteiger partial charge in [-0.15, -0.1) is 0 Å². The zero-order chi connectivity index (χ0) is 16.7. The molecule has 0 nitrogen and oxygen atoms in total. The minimum absolute atomic E-state index is 0.470. The van der Waals surface area contributed by atoms with Crippen LogP contribution in [0.4, 0.5) is 0 Å².